The van der Waals surface area contributed by atoms with Crippen LogP contribution in [0.25, 0.3) is 0 Å². The quantitative estimate of drug-likeness (QED) is 0.772. The number of piperidine rings is 1. The van der Waals surface area contributed by atoms with Crippen molar-refractivity contribution in [1.29, 1.82) is 0 Å². The Labute approximate surface area is 141 Å². The molecule has 1 aliphatic carbocycles. The summed E-state index contributed by atoms with van der Waals surface area (Å²) in [5.74, 6) is 1.94. The Morgan fingerprint density at radius 1 is 1.26 bits per heavy atom. The van der Waals surface area contributed by atoms with E-state index in [1.807, 2.05) is 0 Å². The highest BCUT2D eigenvalue weighted by molar-refractivity contribution is 5.31. The summed E-state index contributed by atoms with van der Waals surface area (Å²) < 4.78 is 6.31. The molecule has 3 nitrogen and oxygen atoms in total. The highest BCUT2D eigenvalue weighted by atomic mass is 16.5. The Kier molecular flexibility index (Phi) is 5.15. The molecular weight excluding hydrogens is 284 g/mol. The first-order valence-corrected chi connectivity index (χ1v) is 9.24. The zero-order chi connectivity index (χ0) is 16.4. The van der Waals surface area contributed by atoms with E-state index in [2.05, 4.69) is 49.8 Å². The van der Waals surface area contributed by atoms with Crippen LogP contribution < -0.4 is 0 Å². The average Bonchev–Trinajstić information content (AvgIpc) is 2.68. The number of likely N-dealkylation sites (tertiary alicyclic amines) is 1. The predicted molar refractivity (Wildman–Crippen MR) is 95.9 cm³/mol. The monoisotopic (exact) mass is 316 g/mol. The van der Waals surface area contributed by atoms with Gasteiger partial charge < -0.3 is 9.64 Å². The lowest BCUT2D eigenvalue weighted by Gasteiger charge is -2.33. The molecule has 2 atom stereocenters. The molecule has 0 N–H and O–H groups in total. The summed E-state index contributed by atoms with van der Waals surface area (Å²) in [5.41, 5.74) is 4.22. The topological polar surface area (TPSA) is 15.7 Å². The van der Waals surface area contributed by atoms with Crippen LogP contribution in [0.3, 0.4) is 0 Å². The van der Waals surface area contributed by atoms with Gasteiger partial charge in [-0.05, 0) is 69.6 Å². The fourth-order valence-corrected chi connectivity index (χ4v) is 4.17. The van der Waals surface area contributed by atoms with Crippen molar-refractivity contribution in [1.82, 2.24) is 9.80 Å². The van der Waals surface area contributed by atoms with Crippen LogP contribution in [0.4, 0.5) is 0 Å². The highest BCUT2D eigenvalue weighted by Crippen LogP contribution is 2.34. The van der Waals surface area contributed by atoms with Gasteiger partial charge in [0.25, 0.3) is 0 Å². The van der Waals surface area contributed by atoms with E-state index in [-0.39, 0.29) is 6.23 Å². The molecule has 0 radical (unpaired) electrons. The standard InChI is InChI=1S/C20H32N2O/c1-15-9-8-12-22(13-15)14-19-17(3)23-20(21(19)4)18-11-7-5-6-10-16(18)2/h6,10,15,20H,5,7-9,11-14H2,1-4H3. The van der Waals surface area contributed by atoms with Crippen LogP contribution in [0, 0.1) is 5.92 Å². The Morgan fingerprint density at radius 2 is 2.09 bits per heavy atom. The minimum Gasteiger partial charge on any atom is -0.469 e. The third-order valence-electron chi connectivity index (χ3n) is 5.58. The van der Waals surface area contributed by atoms with Crippen molar-refractivity contribution in [3.05, 3.63) is 34.8 Å². The van der Waals surface area contributed by atoms with Gasteiger partial charge in [0.1, 0.15) is 5.76 Å². The maximum Gasteiger partial charge on any atom is 0.194 e. The molecule has 0 aromatic rings. The average molecular weight is 316 g/mol. The Morgan fingerprint density at radius 3 is 2.87 bits per heavy atom. The zero-order valence-corrected chi connectivity index (χ0v) is 15.3. The summed E-state index contributed by atoms with van der Waals surface area (Å²) in [4.78, 5) is 4.98. The number of likely N-dealkylation sites (N-methyl/N-ethyl adjacent to an activating group) is 1. The molecule has 3 rings (SSSR count). The van der Waals surface area contributed by atoms with Gasteiger partial charge in [0.2, 0.25) is 0 Å². The third-order valence-corrected chi connectivity index (χ3v) is 5.58. The van der Waals surface area contributed by atoms with Crippen molar-refractivity contribution >= 4 is 0 Å². The molecule has 1 saturated heterocycles. The molecule has 128 valence electrons. The van der Waals surface area contributed by atoms with Crippen LogP contribution >= 0.6 is 0 Å². The summed E-state index contributed by atoms with van der Waals surface area (Å²) in [7, 11) is 2.21. The van der Waals surface area contributed by atoms with Gasteiger partial charge in [-0.1, -0.05) is 19.1 Å². The lowest BCUT2D eigenvalue weighted by atomic mass is 10.00. The summed E-state index contributed by atoms with van der Waals surface area (Å²) >= 11 is 0. The predicted octanol–water partition coefficient (Wildman–Crippen LogP) is 4.29. The molecule has 2 unspecified atom stereocenters. The number of rotatable bonds is 3. The van der Waals surface area contributed by atoms with E-state index in [1.54, 1.807) is 0 Å². The minimum atomic E-state index is 0.106. The maximum atomic E-state index is 6.31. The van der Waals surface area contributed by atoms with Gasteiger partial charge in [0.15, 0.2) is 6.23 Å². The molecular formula is C20H32N2O. The van der Waals surface area contributed by atoms with Crippen LogP contribution in [0.15, 0.2) is 34.8 Å². The fourth-order valence-electron chi connectivity index (χ4n) is 4.17. The zero-order valence-electron chi connectivity index (χ0n) is 15.3. The molecule has 0 bridgehead atoms. The first kappa shape index (κ1) is 16.6. The van der Waals surface area contributed by atoms with Crippen LogP contribution in [-0.2, 0) is 4.74 Å². The second kappa shape index (κ2) is 7.12. The van der Waals surface area contributed by atoms with Gasteiger partial charge in [-0.15, -0.1) is 0 Å². The molecule has 0 aromatic heterocycles. The Bertz CT molecular complexity index is 532. The maximum absolute atomic E-state index is 6.31. The van der Waals surface area contributed by atoms with E-state index in [0.29, 0.717) is 0 Å². The van der Waals surface area contributed by atoms with Gasteiger partial charge in [0.05, 0.1) is 5.70 Å². The van der Waals surface area contributed by atoms with Crippen molar-refractivity contribution in [2.75, 3.05) is 26.7 Å². The summed E-state index contributed by atoms with van der Waals surface area (Å²) in [5, 5.41) is 0. The molecule has 3 aliphatic rings. The molecule has 1 fully saturated rings. The largest absolute Gasteiger partial charge is 0.469 e. The second-order valence-electron chi connectivity index (χ2n) is 7.57. The van der Waals surface area contributed by atoms with E-state index in [1.165, 1.54) is 55.6 Å². The van der Waals surface area contributed by atoms with E-state index >= 15 is 0 Å². The minimum absolute atomic E-state index is 0.106. The van der Waals surface area contributed by atoms with Crippen molar-refractivity contribution in [3.8, 4) is 0 Å². The van der Waals surface area contributed by atoms with Gasteiger partial charge in [0, 0.05) is 20.1 Å². The second-order valence-corrected chi connectivity index (χ2v) is 7.57. The van der Waals surface area contributed by atoms with Crippen LogP contribution in [-0.4, -0.2) is 42.7 Å². The molecule has 2 heterocycles. The van der Waals surface area contributed by atoms with Crippen LogP contribution in [0.2, 0.25) is 0 Å². The number of hydrogen-bond donors (Lipinski definition) is 0. The van der Waals surface area contributed by atoms with E-state index in [4.69, 9.17) is 4.74 Å². The first-order valence-electron chi connectivity index (χ1n) is 9.24. The van der Waals surface area contributed by atoms with Crippen molar-refractivity contribution in [2.24, 2.45) is 5.92 Å². The highest BCUT2D eigenvalue weighted by Gasteiger charge is 2.33. The number of hydrogen-bond acceptors (Lipinski definition) is 3. The van der Waals surface area contributed by atoms with Gasteiger partial charge in [-0.25, -0.2) is 0 Å². The van der Waals surface area contributed by atoms with Crippen molar-refractivity contribution in [3.63, 3.8) is 0 Å². The number of nitrogens with zero attached hydrogens (tertiary/aromatic N) is 2. The smallest absolute Gasteiger partial charge is 0.194 e. The van der Waals surface area contributed by atoms with Gasteiger partial charge >= 0.3 is 0 Å². The summed E-state index contributed by atoms with van der Waals surface area (Å²) in [6.07, 6.45) is 11.0. The first-order chi connectivity index (χ1) is 11.1. The number of allylic oxidation sites excluding steroid dienone is 4. The molecule has 0 amide bonds. The SMILES string of the molecule is CC1=C(C2OC(C)=C(CN3CCCC(C)C3)N2C)CCCC=C1. The number of ether oxygens (including phenoxy) is 1. The van der Waals surface area contributed by atoms with E-state index < -0.39 is 0 Å². The van der Waals surface area contributed by atoms with Gasteiger partial charge in [-0.2, -0.15) is 0 Å². The van der Waals surface area contributed by atoms with Gasteiger partial charge in [-0.3, -0.25) is 4.90 Å². The van der Waals surface area contributed by atoms with Crippen molar-refractivity contribution < 1.29 is 4.74 Å². The molecule has 0 spiro atoms. The van der Waals surface area contributed by atoms with Crippen molar-refractivity contribution in [2.45, 2.75) is 59.1 Å². The van der Waals surface area contributed by atoms with E-state index in [0.717, 1.165) is 24.6 Å². The molecule has 0 aromatic carbocycles. The molecule has 2 aliphatic heterocycles. The third kappa shape index (κ3) is 3.65. The molecule has 23 heavy (non-hydrogen) atoms. The Balaban J connectivity index is 1.71. The molecule has 3 heteroatoms. The Hall–Kier alpha value is -1.22. The molecule has 0 saturated carbocycles. The normalized spacial score (nSPS) is 30.0. The lowest BCUT2D eigenvalue weighted by Crippen LogP contribution is -2.39. The van der Waals surface area contributed by atoms with E-state index in [9.17, 15) is 0 Å². The summed E-state index contributed by atoms with van der Waals surface area (Å²) in [6.45, 7) is 10.2. The van der Waals surface area contributed by atoms with Crippen LogP contribution in [0.1, 0.15) is 52.9 Å². The summed E-state index contributed by atoms with van der Waals surface area (Å²) in [6, 6.07) is 0. The lowest BCUT2D eigenvalue weighted by molar-refractivity contribution is 0.0799. The fraction of sp³-hybridized carbons (Fsp3) is 0.700. The van der Waals surface area contributed by atoms with Crippen LogP contribution in [0.5, 0.6) is 0 Å².